The number of benzene rings is 1. The van der Waals surface area contributed by atoms with Crippen LogP contribution in [0.1, 0.15) is 30.6 Å². The molecule has 5 heteroatoms. The van der Waals surface area contributed by atoms with Gasteiger partial charge in [-0.15, -0.1) is 0 Å². The van der Waals surface area contributed by atoms with Crippen molar-refractivity contribution in [2.75, 3.05) is 11.9 Å². The molecular formula is C13H16Br2ClNO. The van der Waals surface area contributed by atoms with Crippen LogP contribution in [0.25, 0.3) is 0 Å². The Morgan fingerprint density at radius 2 is 2.11 bits per heavy atom. The highest BCUT2D eigenvalue weighted by Crippen LogP contribution is 2.23. The first-order chi connectivity index (χ1) is 8.35. The van der Waals surface area contributed by atoms with Crippen molar-refractivity contribution in [3.8, 4) is 0 Å². The summed E-state index contributed by atoms with van der Waals surface area (Å²) in [5.74, 6) is -0.135. The number of rotatable bonds is 5. The van der Waals surface area contributed by atoms with Crippen LogP contribution in [0.3, 0.4) is 0 Å². The normalized spacial score (nSPS) is 11.4. The summed E-state index contributed by atoms with van der Waals surface area (Å²) in [5, 5.41) is 4.32. The van der Waals surface area contributed by atoms with E-state index in [1.54, 1.807) is 12.1 Å². The van der Waals surface area contributed by atoms with Gasteiger partial charge in [0.1, 0.15) is 0 Å². The molecule has 0 aliphatic carbocycles. The van der Waals surface area contributed by atoms with Crippen LogP contribution < -0.4 is 5.32 Å². The lowest BCUT2D eigenvalue weighted by Gasteiger charge is -2.24. The molecule has 1 N–H and O–H groups in total. The average molecular weight is 398 g/mol. The number of hydrogen-bond donors (Lipinski definition) is 1. The Morgan fingerprint density at radius 3 is 2.72 bits per heavy atom. The van der Waals surface area contributed by atoms with Gasteiger partial charge in [0, 0.05) is 16.3 Å². The van der Waals surface area contributed by atoms with Crippen molar-refractivity contribution in [1.29, 1.82) is 0 Å². The highest BCUT2D eigenvalue weighted by Gasteiger charge is 2.19. The van der Waals surface area contributed by atoms with Crippen molar-refractivity contribution in [2.24, 2.45) is 5.41 Å². The summed E-state index contributed by atoms with van der Waals surface area (Å²) in [6.45, 7) is 4.87. The van der Waals surface area contributed by atoms with E-state index in [1.165, 1.54) is 0 Å². The monoisotopic (exact) mass is 395 g/mol. The van der Waals surface area contributed by atoms with E-state index in [1.807, 2.05) is 6.07 Å². The van der Waals surface area contributed by atoms with Gasteiger partial charge in [-0.3, -0.25) is 4.79 Å². The molecule has 0 spiro atoms. The highest BCUT2D eigenvalue weighted by molar-refractivity contribution is 9.10. The number of carbonyl (C=O) groups excluding carboxylic acids is 1. The molecule has 0 heterocycles. The van der Waals surface area contributed by atoms with E-state index in [0.717, 1.165) is 16.2 Å². The number of alkyl halides is 1. The topological polar surface area (TPSA) is 29.1 Å². The lowest BCUT2D eigenvalue weighted by Crippen LogP contribution is -2.34. The number of hydrogen-bond acceptors (Lipinski definition) is 1. The molecule has 0 fully saturated rings. The van der Waals surface area contributed by atoms with Crippen molar-refractivity contribution in [2.45, 2.75) is 20.3 Å². The lowest BCUT2D eigenvalue weighted by molar-refractivity contribution is 0.0936. The lowest BCUT2D eigenvalue weighted by atomic mass is 9.90. The molecule has 0 bridgehead atoms. The molecule has 0 saturated heterocycles. The maximum absolute atomic E-state index is 12.0. The summed E-state index contributed by atoms with van der Waals surface area (Å²) in [5.41, 5.74) is 0.568. The van der Waals surface area contributed by atoms with Crippen molar-refractivity contribution in [3.05, 3.63) is 33.3 Å². The third-order valence-electron chi connectivity index (χ3n) is 2.67. The molecule has 0 radical (unpaired) electrons. The predicted octanol–water partition coefficient (Wildman–Crippen LogP) is 4.64. The Morgan fingerprint density at radius 1 is 1.44 bits per heavy atom. The van der Waals surface area contributed by atoms with Gasteiger partial charge < -0.3 is 5.32 Å². The van der Waals surface area contributed by atoms with Crippen molar-refractivity contribution in [3.63, 3.8) is 0 Å². The van der Waals surface area contributed by atoms with Crippen LogP contribution in [0.15, 0.2) is 22.7 Å². The van der Waals surface area contributed by atoms with Gasteiger partial charge in [0.15, 0.2) is 0 Å². The fourth-order valence-corrected chi connectivity index (χ4v) is 3.07. The minimum Gasteiger partial charge on any atom is -0.351 e. The van der Waals surface area contributed by atoms with E-state index in [-0.39, 0.29) is 11.3 Å². The van der Waals surface area contributed by atoms with Gasteiger partial charge in [-0.2, -0.15) is 0 Å². The average Bonchev–Trinajstić information content (AvgIpc) is 2.29. The quantitative estimate of drug-likeness (QED) is 0.721. The standard InChI is InChI=1S/C13H16Br2ClNO/c1-13(2,5-6-14)8-17-12(18)10-7-9(15)3-4-11(10)16/h3-4,7H,5-6,8H2,1-2H3,(H,17,18). The van der Waals surface area contributed by atoms with Gasteiger partial charge in [0.2, 0.25) is 0 Å². The molecular weight excluding hydrogens is 381 g/mol. The molecule has 2 nitrogen and oxygen atoms in total. The maximum atomic E-state index is 12.0. The van der Waals surface area contributed by atoms with E-state index >= 15 is 0 Å². The third-order valence-corrected chi connectivity index (χ3v) is 3.89. The summed E-state index contributed by atoms with van der Waals surface area (Å²) in [7, 11) is 0. The molecule has 0 atom stereocenters. The summed E-state index contributed by atoms with van der Waals surface area (Å²) in [6, 6.07) is 5.26. The Labute approximate surface area is 130 Å². The van der Waals surface area contributed by atoms with Crippen LogP contribution in [0, 0.1) is 5.41 Å². The fraction of sp³-hybridized carbons (Fsp3) is 0.462. The van der Waals surface area contributed by atoms with E-state index in [2.05, 4.69) is 51.0 Å². The first kappa shape index (κ1) is 16.0. The smallest absolute Gasteiger partial charge is 0.252 e. The SMILES string of the molecule is CC(C)(CCBr)CNC(=O)c1cc(Br)ccc1Cl. The summed E-state index contributed by atoms with van der Waals surface area (Å²) in [6.07, 6.45) is 1.000. The van der Waals surface area contributed by atoms with Gasteiger partial charge in [-0.25, -0.2) is 0 Å². The number of carbonyl (C=O) groups is 1. The molecule has 1 rings (SSSR count). The summed E-state index contributed by atoms with van der Waals surface area (Å²) in [4.78, 5) is 12.0. The van der Waals surface area contributed by atoms with Crippen LogP contribution in [0.4, 0.5) is 0 Å². The van der Waals surface area contributed by atoms with E-state index in [9.17, 15) is 4.79 Å². The fourth-order valence-electron chi connectivity index (χ4n) is 1.43. The number of amides is 1. The first-order valence-electron chi connectivity index (χ1n) is 5.65. The van der Waals surface area contributed by atoms with Crippen LogP contribution >= 0.6 is 43.5 Å². The van der Waals surface area contributed by atoms with Crippen LogP contribution in [0.2, 0.25) is 5.02 Å². The third kappa shape index (κ3) is 4.90. The molecule has 1 aromatic rings. The molecule has 1 aromatic carbocycles. The molecule has 100 valence electrons. The van der Waals surface area contributed by atoms with E-state index < -0.39 is 0 Å². The summed E-state index contributed by atoms with van der Waals surface area (Å²) >= 11 is 12.8. The molecule has 1 amide bonds. The van der Waals surface area contributed by atoms with Crippen molar-refractivity contribution < 1.29 is 4.79 Å². The van der Waals surface area contributed by atoms with E-state index in [0.29, 0.717) is 17.1 Å². The molecule has 18 heavy (non-hydrogen) atoms. The van der Waals surface area contributed by atoms with Gasteiger partial charge >= 0.3 is 0 Å². The zero-order chi connectivity index (χ0) is 13.8. The molecule has 0 aliphatic heterocycles. The Hall–Kier alpha value is -0.0600. The molecule has 0 unspecified atom stereocenters. The Balaban J connectivity index is 2.69. The van der Waals surface area contributed by atoms with Gasteiger partial charge in [0.25, 0.3) is 5.91 Å². The number of nitrogens with one attached hydrogen (secondary N) is 1. The van der Waals surface area contributed by atoms with Crippen LogP contribution in [-0.2, 0) is 0 Å². The zero-order valence-corrected chi connectivity index (χ0v) is 14.3. The minimum absolute atomic E-state index is 0.0671. The number of halogens is 3. The van der Waals surface area contributed by atoms with Gasteiger partial charge in [-0.05, 0) is 30.0 Å². The predicted molar refractivity (Wildman–Crippen MR) is 83.7 cm³/mol. The van der Waals surface area contributed by atoms with Crippen LogP contribution in [0.5, 0.6) is 0 Å². The van der Waals surface area contributed by atoms with Crippen molar-refractivity contribution >= 4 is 49.4 Å². The second-order valence-corrected chi connectivity index (χ2v) is 7.03. The highest BCUT2D eigenvalue weighted by atomic mass is 79.9. The first-order valence-corrected chi connectivity index (χ1v) is 7.94. The second kappa shape index (κ2) is 6.92. The summed E-state index contributed by atoms with van der Waals surface area (Å²) < 4.78 is 0.844. The molecule has 0 aliphatic rings. The zero-order valence-electron chi connectivity index (χ0n) is 10.4. The van der Waals surface area contributed by atoms with Gasteiger partial charge in [0.05, 0.1) is 10.6 Å². The van der Waals surface area contributed by atoms with Gasteiger partial charge in [-0.1, -0.05) is 57.3 Å². The van der Waals surface area contributed by atoms with Crippen molar-refractivity contribution in [1.82, 2.24) is 5.32 Å². The Kier molecular flexibility index (Phi) is 6.15. The van der Waals surface area contributed by atoms with Crippen LogP contribution in [-0.4, -0.2) is 17.8 Å². The molecule has 0 aromatic heterocycles. The molecule has 0 saturated carbocycles. The largest absolute Gasteiger partial charge is 0.351 e. The second-order valence-electron chi connectivity index (χ2n) is 4.91. The van der Waals surface area contributed by atoms with E-state index in [4.69, 9.17) is 11.6 Å². The minimum atomic E-state index is -0.135. The maximum Gasteiger partial charge on any atom is 0.252 e. The Bertz CT molecular complexity index is 435.